The molecule has 2 heterocycles. The largest absolute Gasteiger partial charge is 0.376 e. The number of benzene rings is 1. The number of rotatable bonds is 6. The third-order valence-corrected chi connectivity index (χ3v) is 4.55. The highest BCUT2D eigenvalue weighted by Crippen LogP contribution is 2.39. The van der Waals surface area contributed by atoms with E-state index in [-0.39, 0.29) is 18.1 Å². The Labute approximate surface area is 140 Å². The van der Waals surface area contributed by atoms with Crippen LogP contribution in [0.2, 0.25) is 0 Å². The van der Waals surface area contributed by atoms with Gasteiger partial charge < -0.3 is 10.1 Å². The number of carbonyl (C=O) groups is 1. The van der Waals surface area contributed by atoms with E-state index in [1.54, 1.807) is 16.9 Å². The second-order valence-electron chi connectivity index (χ2n) is 6.49. The van der Waals surface area contributed by atoms with Gasteiger partial charge in [-0.2, -0.15) is 4.80 Å². The molecule has 24 heavy (non-hydrogen) atoms. The normalized spacial score (nSPS) is 21.6. The number of carbonyl (C=O) groups excluding carboxylic acids is 1. The maximum absolute atomic E-state index is 12.4. The van der Waals surface area contributed by atoms with Gasteiger partial charge in [-0.25, -0.2) is 0 Å². The molecule has 1 saturated heterocycles. The molecule has 0 radical (unpaired) electrons. The van der Waals surface area contributed by atoms with Crippen LogP contribution in [0.15, 0.2) is 30.3 Å². The van der Waals surface area contributed by atoms with E-state index in [0.29, 0.717) is 23.9 Å². The Kier molecular flexibility index (Phi) is 4.25. The van der Waals surface area contributed by atoms with Gasteiger partial charge in [-0.05, 0) is 48.9 Å². The molecule has 126 valence electrons. The summed E-state index contributed by atoms with van der Waals surface area (Å²) in [7, 11) is 0. The second kappa shape index (κ2) is 6.68. The fourth-order valence-electron chi connectivity index (χ4n) is 3.06. The first-order chi connectivity index (χ1) is 11.8. The standard InChI is InChI=1S/C17H21N5O2/c23-17(13-5-2-1-3-6-13)18-15(12-8-9-12)16-19-21-22(20-16)11-14-7-4-10-24-14/h1-3,5-6,12,14-15H,4,7-11H2,(H,18,23)/t14-,15-/m0/s1. The second-order valence-corrected chi connectivity index (χ2v) is 6.49. The third-order valence-electron chi connectivity index (χ3n) is 4.55. The van der Waals surface area contributed by atoms with Crippen molar-refractivity contribution in [1.29, 1.82) is 0 Å². The molecule has 4 rings (SSSR count). The molecule has 7 nitrogen and oxygen atoms in total. The number of tetrazole rings is 1. The molecule has 1 aliphatic carbocycles. The molecule has 1 amide bonds. The van der Waals surface area contributed by atoms with Gasteiger partial charge in [0.05, 0.1) is 18.7 Å². The van der Waals surface area contributed by atoms with Crippen molar-refractivity contribution in [3.05, 3.63) is 41.7 Å². The summed E-state index contributed by atoms with van der Waals surface area (Å²) in [5.74, 6) is 0.904. The van der Waals surface area contributed by atoms with Gasteiger partial charge in [0.15, 0.2) is 5.82 Å². The molecule has 2 aliphatic rings. The monoisotopic (exact) mass is 327 g/mol. The van der Waals surface area contributed by atoms with Gasteiger partial charge in [0.25, 0.3) is 5.91 Å². The van der Waals surface area contributed by atoms with Gasteiger partial charge in [0, 0.05) is 12.2 Å². The molecule has 1 N–H and O–H groups in total. The summed E-state index contributed by atoms with van der Waals surface area (Å²) in [6.07, 6.45) is 4.46. The summed E-state index contributed by atoms with van der Waals surface area (Å²) in [6.45, 7) is 1.43. The van der Waals surface area contributed by atoms with Crippen LogP contribution in [0, 0.1) is 5.92 Å². The topological polar surface area (TPSA) is 81.9 Å². The quantitative estimate of drug-likeness (QED) is 0.874. The Morgan fingerprint density at radius 2 is 2.12 bits per heavy atom. The molecular formula is C17H21N5O2. The zero-order chi connectivity index (χ0) is 16.4. The molecule has 1 saturated carbocycles. The first-order valence-electron chi connectivity index (χ1n) is 8.55. The van der Waals surface area contributed by atoms with Crippen LogP contribution >= 0.6 is 0 Å². The van der Waals surface area contributed by atoms with Gasteiger partial charge in [0.1, 0.15) is 0 Å². The van der Waals surface area contributed by atoms with Crippen LogP contribution in [0.5, 0.6) is 0 Å². The van der Waals surface area contributed by atoms with Crippen LogP contribution in [0.4, 0.5) is 0 Å². The van der Waals surface area contributed by atoms with E-state index in [2.05, 4.69) is 20.7 Å². The first kappa shape index (κ1) is 15.3. The van der Waals surface area contributed by atoms with Crippen LogP contribution in [0.25, 0.3) is 0 Å². The molecule has 1 aromatic carbocycles. The molecule has 1 aliphatic heterocycles. The lowest BCUT2D eigenvalue weighted by molar-refractivity contribution is 0.0892. The fraction of sp³-hybridized carbons (Fsp3) is 0.529. The van der Waals surface area contributed by atoms with Crippen LogP contribution in [0.1, 0.15) is 47.9 Å². The number of nitrogens with one attached hydrogen (secondary N) is 1. The number of hydrogen-bond acceptors (Lipinski definition) is 5. The lowest BCUT2D eigenvalue weighted by Gasteiger charge is -2.14. The highest BCUT2D eigenvalue weighted by Gasteiger charge is 2.36. The predicted molar refractivity (Wildman–Crippen MR) is 86.2 cm³/mol. The third kappa shape index (κ3) is 3.46. The molecule has 0 unspecified atom stereocenters. The van der Waals surface area contributed by atoms with Crippen molar-refractivity contribution < 1.29 is 9.53 Å². The van der Waals surface area contributed by atoms with Crippen molar-refractivity contribution in [2.24, 2.45) is 5.92 Å². The number of nitrogens with zero attached hydrogens (tertiary/aromatic N) is 4. The van der Waals surface area contributed by atoms with Gasteiger partial charge in [-0.15, -0.1) is 10.2 Å². The molecule has 2 fully saturated rings. The van der Waals surface area contributed by atoms with Crippen molar-refractivity contribution in [2.75, 3.05) is 6.61 Å². The Bertz CT molecular complexity index is 692. The van der Waals surface area contributed by atoms with E-state index in [1.165, 1.54) is 0 Å². The molecule has 0 bridgehead atoms. The molecular weight excluding hydrogens is 306 g/mol. The van der Waals surface area contributed by atoms with E-state index in [4.69, 9.17) is 4.74 Å². The first-order valence-corrected chi connectivity index (χ1v) is 8.55. The number of ether oxygens (including phenoxy) is 1. The van der Waals surface area contributed by atoms with Gasteiger partial charge in [-0.3, -0.25) is 4.79 Å². The summed E-state index contributed by atoms with van der Waals surface area (Å²) in [6, 6.07) is 9.06. The van der Waals surface area contributed by atoms with Crippen molar-refractivity contribution in [3.63, 3.8) is 0 Å². The maximum atomic E-state index is 12.4. The highest BCUT2D eigenvalue weighted by molar-refractivity contribution is 5.94. The fourth-order valence-corrected chi connectivity index (χ4v) is 3.06. The lowest BCUT2D eigenvalue weighted by atomic mass is 10.1. The van der Waals surface area contributed by atoms with Gasteiger partial charge in [-0.1, -0.05) is 18.2 Å². The minimum Gasteiger partial charge on any atom is -0.376 e. The van der Waals surface area contributed by atoms with Crippen LogP contribution < -0.4 is 5.32 Å². The Hall–Kier alpha value is -2.28. The van der Waals surface area contributed by atoms with Crippen LogP contribution in [-0.4, -0.2) is 38.8 Å². The summed E-state index contributed by atoms with van der Waals surface area (Å²) >= 11 is 0. The van der Waals surface area contributed by atoms with Crippen molar-refractivity contribution in [3.8, 4) is 0 Å². The van der Waals surface area contributed by atoms with Gasteiger partial charge in [0.2, 0.25) is 0 Å². The number of amides is 1. The number of hydrogen-bond donors (Lipinski definition) is 1. The van der Waals surface area contributed by atoms with Crippen molar-refractivity contribution in [1.82, 2.24) is 25.5 Å². The SMILES string of the molecule is O=C(N[C@H](c1nnn(C[C@@H]2CCCO2)n1)C1CC1)c1ccccc1. The Morgan fingerprint density at radius 1 is 1.29 bits per heavy atom. The van der Waals surface area contributed by atoms with E-state index < -0.39 is 0 Å². The minimum absolute atomic E-state index is 0.0945. The van der Waals surface area contributed by atoms with E-state index in [1.807, 2.05) is 18.2 Å². The summed E-state index contributed by atoms with van der Waals surface area (Å²) in [5, 5.41) is 15.9. The maximum Gasteiger partial charge on any atom is 0.251 e. The Balaban J connectivity index is 1.45. The smallest absolute Gasteiger partial charge is 0.251 e. The highest BCUT2D eigenvalue weighted by atomic mass is 16.5. The van der Waals surface area contributed by atoms with E-state index >= 15 is 0 Å². The van der Waals surface area contributed by atoms with Crippen LogP contribution in [0.3, 0.4) is 0 Å². The summed E-state index contributed by atoms with van der Waals surface area (Å²) < 4.78 is 5.61. The molecule has 0 spiro atoms. The Morgan fingerprint density at radius 3 is 2.83 bits per heavy atom. The lowest BCUT2D eigenvalue weighted by Crippen LogP contribution is -2.30. The van der Waals surface area contributed by atoms with Gasteiger partial charge >= 0.3 is 0 Å². The summed E-state index contributed by atoms with van der Waals surface area (Å²) in [4.78, 5) is 14.0. The summed E-state index contributed by atoms with van der Waals surface area (Å²) in [5.41, 5.74) is 0.648. The average molecular weight is 327 g/mol. The zero-order valence-corrected chi connectivity index (χ0v) is 13.5. The van der Waals surface area contributed by atoms with Crippen molar-refractivity contribution >= 4 is 5.91 Å². The zero-order valence-electron chi connectivity index (χ0n) is 13.5. The predicted octanol–water partition coefficient (Wildman–Crippen LogP) is 1.73. The molecule has 2 aromatic rings. The van der Waals surface area contributed by atoms with Crippen molar-refractivity contribution in [2.45, 2.75) is 44.4 Å². The number of aromatic nitrogens is 4. The van der Waals surface area contributed by atoms with E-state index in [0.717, 1.165) is 32.3 Å². The van der Waals surface area contributed by atoms with Crippen LogP contribution in [-0.2, 0) is 11.3 Å². The molecule has 2 atom stereocenters. The molecule has 7 heteroatoms. The minimum atomic E-state index is -0.170. The average Bonchev–Trinajstić information content (AvgIpc) is 3.13. The van der Waals surface area contributed by atoms with E-state index in [9.17, 15) is 4.79 Å². The molecule has 1 aromatic heterocycles.